The monoisotopic (exact) mass is 383 g/mol. The number of rotatable bonds is 6. The molecule has 2 aromatic rings. The van der Waals surface area contributed by atoms with E-state index in [1.54, 1.807) is 18.3 Å². The molecule has 0 aliphatic carbocycles. The highest BCUT2D eigenvalue weighted by atomic mass is 16.5. The molecular weight excluding hydrogens is 358 g/mol. The molecule has 7 heteroatoms. The van der Waals surface area contributed by atoms with Crippen molar-refractivity contribution in [1.82, 2.24) is 14.8 Å². The number of carbonyl (C=O) groups is 2. The van der Waals surface area contributed by atoms with Gasteiger partial charge in [-0.3, -0.25) is 14.5 Å². The van der Waals surface area contributed by atoms with Crippen molar-refractivity contribution in [3.05, 3.63) is 54.2 Å². The number of para-hydroxylation sites is 1. The number of likely N-dealkylation sites (tertiary alicyclic amines) is 1. The van der Waals surface area contributed by atoms with Gasteiger partial charge in [0.15, 0.2) is 0 Å². The average molecular weight is 383 g/mol. The largest absolute Gasteiger partial charge is 0.480 e. The number of hydrogen-bond donors (Lipinski definition) is 1. The van der Waals surface area contributed by atoms with Gasteiger partial charge in [-0.25, -0.2) is 4.98 Å². The van der Waals surface area contributed by atoms with Crippen molar-refractivity contribution in [1.29, 1.82) is 0 Å². The fraction of sp³-hybridized carbons (Fsp3) is 0.381. The third-order valence-electron chi connectivity index (χ3n) is 4.94. The summed E-state index contributed by atoms with van der Waals surface area (Å²) in [6, 6.07) is 13.0. The van der Waals surface area contributed by atoms with Crippen LogP contribution in [0.1, 0.15) is 29.6 Å². The van der Waals surface area contributed by atoms with Gasteiger partial charge in [0, 0.05) is 31.4 Å². The van der Waals surface area contributed by atoms with E-state index in [4.69, 9.17) is 9.84 Å². The predicted molar refractivity (Wildman–Crippen MR) is 105 cm³/mol. The van der Waals surface area contributed by atoms with E-state index >= 15 is 0 Å². The second-order valence-corrected chi connectivity index (χ2v) is 6.99. The van der Waals surface area contributed by atoms with Crippen molar-refractivity contribution in [3.8, 4) is 11.6 Å². The molecular formula is C21H25N3O4. The molecule has 3 rings (SSSR count). The fourth-order valence-corrected chi connectivity index (χ4v) is 3.42. The van der Waals surface area contributed by atoms with Gasteiger partial charge in [-0.1, -0.05) is 18.2 Å². The quantitative estimate of drug-likeness (QED) is 0.826. The zero-order valence-corrected chi connectivity index (χ0v) is 16.0. The van der Waals surface area contributed by atoms with E-state index in [1.807, 2.05) is 47.2 Å². The van der Waals surface area contributed by atoms with E-state index in [-0.39, 0.29) is 18.5 Å². The number of carboxylic acids is 1. The summed E-state index contributed by atoms with van der Waals surface area (Å²) in [6.45, 7) is 1.29. The molecule has 1 amide bonds. The van der Waals surface area contributed by atoms with Crippen LogP contribution in [0.15, 0.2) is 48.7 Å². The van der Waals surface area contributed by atoms with Crippen LogP contribution in [0.2, 0.25) is 0 Å². The Bertz CT molecular complexity index is 795. The third-order valence-corrected chi connectivity index (χ3v) is 4.94. The molecule has 1 aromatic heterocycles. The Morgan fingerprint density at radius 2 is 1.96 bits per heavy atom. The van der Waals surface area contributed by atoms with Gasteiger partial charge in [0.25, 0.3) is 5.91 Å². The second kappa shape index (κ2) is 9.32. The average Bonchev–Trinajstić information content (AvgIpc) is 2.95. The zero-order valence-electron chi connectivity index (χ0n) is 16.0. The van der Waals surface area contributed by atoms with Gasteiger partial charge in [0.05, 0.1) is 12.1 Å². The van der Waals surface area contributed by atoms with Crippen LogP contribution in [0.25, 0.3) is 0 Å². The van der Waals surface area contributed by atoms with E-state index in [1.165, 1.54) is 0 Å². The van der Waals surface area contributed by atoms with E-state index in [2.05, 4.69) is 4.98 Å². The highest BCUT2D eigenvalue weighted by Gasteiger charge is 2.24. The number of carboxylic acid groups (broad SMARTS) is 1. The summed E-state index contributed by atoms with van der Waals surface area (Å²) < 4.78 is 5.66. The first-order valence-corrected chi connectivity index (χ1v) is 9.43. The number of aliphatic carboxylic acids is 1. The van der Waals surface area contributed by atoms with Gasteiger partial charge in [-0.05, 0) is 44.5 Å². The molecule has 148 valence electrons. The van der Waals surface area contributed by atoms with Crippen molar-refractivity contribution in [3.63, 3.8) is 0 Å². The van der Waals surface area contributed by atoms with Gasteiger partial charge in [0.1, 0.15) is 5.75 Å². The van der Waals surface area contributed by atoms with Crippen LogP contribution in [0, 0.1) is 0 Å². The Balaban J connectivity index is 1.58. The van der Waals surface area contributed by atoms with Crippen molar-refractivity contribution in [2.45, 2.75) is 25.3 Å². The fourth-order valence-electron chi connectivity index (χ4n) is 3.42. The Labute approximate surface area is 164 Å². The van der Waals surface area contributed by atoms with E-state index in [0.29, 0.717) is 30.3 Å². The Morgan fingerprint density at radius 3 is 2.64 bits per heavy atom. The molecule has 1 N–H and O–H groups in total. The minimum absolute atomic E-state index is 0.0193. The SMILES string of the molecule is CN(CC(=O)O)C1CCCN(C(=O)c2ccc(Oc3ccccc3)nc2)CC1. The summed E-state index contributed by atoms with van der Waals surface area (Å²) in [4.78, 5) is 31.7. The van der Waals surface area contributed by atoms with Crippen molar-refractivity contribution in [2.75, 3.05) is 26.7 Å². The maximum atomic E-state index is 12.8. The molecule has 1 aliphatic rings. The van der Waals surface area contributed by atoms with Crippen molar-refractivity contribution < 1.29 is 19.4 Å². The van der Waals surface area contributed by atoms with E-state index in [9.17, 15) is 9.59 Å². The topological polar surface area (TPSA) is 83.0 Å². The standard InChI is InChI=1S/C21H25N3O4/c1-23(15-20(25)26)17-6-5-12-24(13-11-17)21(27)16-9-10-19(22-14-16)28-18-7-3-2-4-8-18/h2-4,7-10,14,17H,5-6,11-13,15H2,1H3,(H,25,26). The molecule has 1 fully saturated rings. The summed E-state index contributed by atoms with van der Waals surface area (Å²) >= 11 is 0. The first kappa shape index (κ1) is 19.8. The number of pyridine rings is 1. The van der Waals surface area contributed by atoms with Crippen LogP contribution in [0.3, 0.4) is 0 Å². The van der Waals surface area contributed by atoms with Crippen LogP contribution in [0.5, 0.6) is 11.6 Å². The van der Waals surface area contributed by atoms with Crippen LogP contribution in [-0.2, 0) is 4.79 Å². The highest BCUT2D eigenvalue weighted by Crippen LogP contribution is 2.20. The Morgan fingerprint density at radius 1 is 1.18 bits per heavy atom. The molecule has 28 heavy (non-hydrogen) atoms. The molecule has 0 bridgehead atoms. The molecule has 2 heterocycles. The lowest BCUT2D eigenvalue weighted by atomic mass is 10.1. The summed E-state index contributed by atoms with van der Waals surface area (Å²) in [7, 11) is 1.83. The molecule has 0 saturated carbocycles. The molecule has 1 unspecified atom stereocenters. The Hall–Kier alpha value is -2.93. The van der Waals surface area contributed by atoms with Gasteiger partial charge in [-0.2, -0.15) is 0 Å². The zero-order chi connectivity index (χ0) is 19.9. The number of carbonyl (C=O) groups excluding carboxylic acids is 1. The lowest BCUT2D eigenvalue weighted by Crippen LogP contribution is -2.37. The summed E-state index contributed by atoms with van der Waals surface area (Å²) in [6.07, 6.45) is 4.04. The minimum Gasteiger partial charge on any atom is -0.480 e. The highest BCUT2D eigenvalue weighted by molar-refractivity contribution is 5.94. The first-order chi connectivity index (χ1) is 13.5. The molecule has 1 saturated heterocycles. The molecule has 0 spiro atoms. The van der Waals surface area contributed by atoms with E-state index in [0.717, 1.165) is 19.3 Å². The molecule has 7 nitrogen and oxygen atoms in total. The summed E-state index contributed by atoms with van der Waals surface area (Å²) in [5.74, 6) is 0.246. The number of nitrogens with zero attached hydrogens (tertiary/aromatic N) is 3. The maximum absolute atomic E-state index is 12.8. The first-order valence-electron chi connectivity index (χ1n) is 9.43. The summed E-state index contributed by atoms with van der Waals surface area (Å²) in [5.41, 5.74) is 0.526. The number of aromatic nitrogens is 1. The minimum atomic E-state index is -0.830. The summed E-state index contributed by atoms with van der Waals surface area (Å²) in [5, 5.41) is 8.97. The maximum Gasteiger partial charge on any atom is 0.317 e. The number of hydrogen-bond acceptors (Lipinski definition) is 5. The normalized spacial score (nSPS) is 17.2. The van der Waals surface area contributed by atoms with Gasteiger partial charge in [0.2, 0.25) is 5.88 Å². The van der Waals surface area contributed by atoms with Crippen molar-refractivity contribution in [2.24, 2.45) is 0 Å². The van der Waals surface area contributed by atoms with Crippen LogP contribution < -0.4 is 4.74 Å². The third kappa shape index (κ3) is 5.29. The van der Waals surface area contributed by atoms with Crippen LogP contribution in [-0.4, -0.2) is 64.5 Å². The lowest BCUT2D eigenvalue weighted by molar-refractivity contribution is -0.138. The second-order valence-electron chi connectivity index (χ2n) is 6.99. The van der Waals surface area contributed by atoms with E-state index < -0.39 is 5.97 Å². The lowest BCUT2D eigenvalue weighted by Gasteiger charge is -2.25. The van der Waals surface area contributed by atoms with Gasteiger partial charge in [-0.15, -0.1) is 0 Å². The molecule has 0 radical (unpaired) electrons. The van der Waals surface area contributed by atoms with Gasteiger partial charge >= 0.3 is 5.97 Å². The van der Waals surface area contributed by atoms with Gasteiger partial charge < -0.3 is 14.7 Å². The predicted octanol–water partition coefficient (Wildman–Crippen LogP) is 2.89. The number of benzene rings is 1. The molecule has 1 aliphatic heterocycles. The molecule has 1 aromatic carbocycles. The van der Waals surface area contributed by atoms with Crippen molar-refractivity contribution >= 4 is 11.9 Å². The van der Waals surface area contributed by atoms with Crippen LogP contribution >= 0.6 is 0 Å². The smallest absolute Gasteiger partial charge is 0.317 e. The van der Waals surface area contributed by atoms with Crippen LogP contribution in [0.4, 0.5) is 0 Å². The Kier molecular flexibility index (Phi) is 6.60. The number of amides is 1. The number of likely N-dealkylation sites (N-methyl/N-ethyl adjacent to an activating group) is 1. The number of ether oxygens (including phenoxy) is 1. The molecule has 1 atom stereocenters.